The molecule has 18 heavy (non-hydrogen) atoms. The molecule has 2 rings (SSSR count). The lowest BCUT2D eigenvalue weighted by Gasteiger charge is -2.46. The second kappa shape index (κ2) is 5.24. The zero-order valence-corrected chi connectivity index (χ0v) is 11.7. The molecule has 1 aromatic heterocycles. The molecule has 1 fully saturated rings. The van der Waals surface area contributed by atoms with Gasteiger partial charge in [0.25, 0.3) is 0 Å². The summed E-state index contributed by atoms with van der Waals surface area (Å²) in [5, 5.41) is 2.86. The quantitative estimate of drug-likeness (QED) is 0.758. The summed E-state index contributed by atoms with van der Waals surface area (Å²) in [6, 6.07) is 0. The molecule has 6 heteroatoms. The molecule has 0 atom stereocenters. The van der Waals surface area contributed by atoms with Crippen LogP contribution in [0.15, 0.2) is 5.38 Å². The molecule has 2 heterocycles. The van der Waals surface area contributed by atoms with E-state index in [2.05, 4.69) is 16.8 Å². The number of methoxy groups -OCH3 is 1. The van der Waals surface area contributed by atoms with E-state index in [4.69, 9.17) is 9.47 Å². The Hall–Kier alpha value is -1.14. The van der Waals surface area contributed by atoms with Crippen LogP contribution in [0.1, 0.15) is 19.5 Å². The highest BCUT2D eigenvalue weighted by atomic mass is 32.1. The van der Waals surface area contributed by atoms with Gasteiger partial charge in [-0.3, -0.25) is 4.79 Å². The van der Waals surface area contributed by atoms with E-state index in [9.17, 15) is 4.79 Å². The predicted molar refractivity (Wildman–Crippen MR) is 70.1 cm³/mol. The van der Waals surface area contributed by atoms with Gasteiger partial charge in [-0.25, -0.2) is 4.98 Å². The van der Waals surface area contributed by atoms with Crippen molar-refractivity contribution < 1.29 is 14.3 Å². The lowest BCUT2D eigenvalue weighted by atomic mass is 9.97. The summed E-state index contributed by atoms with van der Waals surface area (Å²) in [7, 11) is 1.73. The molecular weight excluding hydrogens is 252 g/mol. The summed E-state index contributed by atoms with van der Waals surface area (Å²) < 4.78 is 10.3. The average Bonchev–Trinajstić information content (AvgIpc) is 2.73. The minimum atomic E-state index is -0.223. The third-order valence-electron chi connectivity index (χ3n) is 2.98. The molecule has 1 aliphatic rings. The van der Waals surface area contributed by atoms with Crippen molar-refractivity contribution >= 4 is 22.4 Å². The Bertz CT molecular complexity index is 427. The number of aromatic nitrogens is 1. The van der Waals surface area contributed by atoms with Gasteiger partial charge in [-0.15, -0.1) is 11.3 Å². The second-order valence-corrected chi connectivity index (χ2v) is 5.45. The Morgan fingerprint density at radius 2 is 2.33 bits per heavy atom. The number of thiazole rings is 1. The number of anilines is 1. The molecule has 0 N–H and O–H groups in total. The smallest absolute Gasteiger partial charge is 0.311 e. The largest absolute Gasteiger partial charge is 0.466 e. The number of ether oxygens (including phenoxy) is 2. The maximum Gasteiger partial charge on any atom is 0.311 e. The van der Waals surface area contributed by atoms with Crippen molar-refractivity contribution in [1.82, 2.24) is 4.98 Å². The third kappa shape index (κ3) is 2.81. The van der Waals surface area contributed by atoms with E-state index in [-0.39, 0.29) is 18.0 Å². The van der Waals surface area contributed by atoms with Crippen LogP contribution in [0.4, 0.5) is 5.13 Å². The molecule has 0 saturated carbocycles. The summed E-state index contributed by atoms with van der Waals surface area (Å²) in [6.45, 7) is 5.98. The predicted octanol–water partition coefficient (Wildman–Crippen LogP) is 1.47. The lowest BCUT2D eigenvalue weighted by Crippen LogP contribution is -2.61. The monoisotopic (exact) mass is 270 g/mol. The van der Waals surface area contributed by atoms with Gasteiger partial charge in [-0.05, 0) is 13.8 Å². The van der Waals surface area contributed by atoms with Crippen LogP contribution in [-0.4, -0.2) is 43.4 Å². The summed E-state index contributed by atoms with van der Waals surface area (Å²) >= 11 is 1.56. The fourth-order valence-electron chi connectivity index (χ4n) is 1.91. The highest BCUT2D eigenvalue weighted by molar-refractivity contribution is 7.13. The summed E-state index contributed by atoms with van der Waals surface area (Å²) in [4.78, 5) is 17.9. The molecule has 0 spiro atoms. The summed E-state index contributed by atoms with van der Waals surface area (Å²) in [5.41, 5.74) is 0.715. The summed E-state index contributed by atoms with van der Waals surface area (Å²) in [5.74, 6) is -0.223. The van der Waals surface area contributed by atoms with Crippen molar-refractivity contribution in [3.63, 3.8) is 0 Å². The van der Waals surface area contributed by atoms with E-state index in [1.165, 1.54) is 0 Å². The molecule has 1 aromatic rings. The standard InChI is InChI=1S/C12H18N2O3S/c1-4-17-10(15)5-9-6-18-11(13-9)14-7-12(2,8-14)16-3/h6H,4-5,7-8H2,1-3H3. The van der Waals surface area contributed by atoms with Gasteiger partial charge in [0.2, 0.25) is 0 Å². The molecule has 0 radical (unpaired) electrons. The molecule has 0 bridgehead atoms. The molecule has 1 saturated heterocycles. The van der Waals surface area contributed by atoms with Gasteiger partial charge in [0.15, 0.2) is 5.13 Å². The van der Waals surface area contributed by atoms with Gasteiger partial charge < -0.3 is 14.4 Å². The van der Waals surface area contributed by atoms with Crippen molar-refractivity contribution in [1.29, 1.82) is 0 Å². The zero-order chi connectivity index (χ0) is 13.2. The number of carbonyl (C=O) groups is 1. The first kappa shape index (κ1) is 13.3. The van der Waals surface area contributed by atoms with Crippen LogP contribution in [-0.2, 0) is 20.7 Å². The molecular formula is C12H18N2O3S. The summed E-state index contributed by atoms with van der Waals surface area (Å²) in [6.07, 6.45) is 0.250. The molecule has 100 valence electrons. The topological polar surface area (TPSA) is 51.7 Å². The minimum absolute atomic E-state index is 0.0625. The van der Waals surface area contributed by atoms with Crippen LogP contribution >= 0.6 is 11.3 Å². The van der Waals surface area contributed by atoms with Gasteiger partial charge in [0, 0.05) is 12.5 Å². The lowest BCUT2D eigenvalue weighted by molar-refractivity contribution is -0.142. The van der Waals surface area contributed by atoms with Crippen molar-refractivity contribution in [3.8, 4) is 0 Å². The number of carbonyl (C=O) groups excluding carboxylic acids is 1. The fourth-order valence-corrected chi connectivity index (χ4v) is 2.73. The maximum absolute atomic E-state index is 11.3. The van der Waals surface area contributed by atoms with Gasteiger partial charge in [0.05, 0.1) is 37.4 Å². The number of esters is 1. The minimum Gasteiger partial charge on any atom is -0.466 e. The Balaban J connectivity index is 1.90. The molecule has 0 amide bonds. The third-order valence-corrected chi connectivity index (χ3v) is 3.93. The Labute approximate surface area is 111 Å². The molecule has 0 unspecified atom stereocenters. The number of hydrogen-bond donors (Lipinski definition) is 0. The first-order chi connectivity index (χ1) is 8.56. The first-order valence-corrected chi connectivity index (χ1v) is 6.84. The first-order valence-electron chi connectivity index (χ1n) is 5.96. The van der Waals surface area contributed by atoms with E-state index < -0.39 is 0 Å². The number of hydrogen-bond acceptors (Lipinski definition) is 6. The van der Waals surface area contributed by atoms with Crippen molar-refractivity contribution in [3.05, 3.63) is 11.1 Å². The number of nitrogens with zero attached hydrogens (tertiary/aromatic N) is 2. The molecule has 5 nitrogen and oxygen atoms in total. The molecule has 1 aliphatic heterocycles. The normalized spacial score (nSPS) is 17.4. The van der Waals surface area contributed by atoms with Crippen LogP contribution in [0.5, 0.6) is 0 Å². The number of rotatable bonds is 5. The second-order valence-electron chi connectivity index (χ2n) is 4.61. The fraction of sp³-hybridized carbons (Fsp3) is 0.667. The highest BCUT2D eigenvalue weighted by Gasteiger charge is 2.40. The molecule has 0 aliphatic carbocycles. The molecule has 0 aromatic carbocycles. The van der Waals surface area contributed by atoms with Crippen LogP contribution in [0.25, 0.3) is 0 Å². The van der Waals surface area contributed by atoms with E-state index in [1.807, 2.05) is 5.38 Å². The van der Waals surface area contributed by atoms with Gasteiger partial charge in [0.1, 0.15) is 0 Å². The van der Waals surface area contributed by atoms with E-state index >= 15 is 0 Å². The van der Waals surface area contributed by atoms with E-state index in [1.54, 1.807) is 25.4 Å². The maximum atomic E-state index is 11.3. The highest BCUT2D eigenvalue weighted by Crippen LogP contribution is 2.31. The van der Waals surface area contributed by atoms with Crippen molar-refractivity contribution in [2.24, 2.45) is 0 Å². The van der Waals surface area contributed by atoms with Crippen molar-refractivity contribution in [2.45, 2.75) is 25.9 Å². The Morgan fingerprint density at radius 1 is 1.61 bits per heavy atom. The van der Waals surface area contributed by atoms with Crippen LogP contribution in [0.3, 0.4) is 0 Å². The van der Waals surface area contributed by atoms with E-state index in [0.29, 0.717) is 6.61 Å². The Morgan fingerprint density at radius 3 is 2.94 bits per heavy atom. The Kier molecular flexibility index (Phi) is 3.87. The van der Waals surface area contributed by atoms with Gasteiger partial charge in [-0.1, -0.05) is 0 Å². The van der Waals surface area contributed by atoms with Crippen LogP contribution in [0.2, 0.25) is 0 Å². The SMILES string of the molecule is CCOC(=O)Cc1csc(N2CC(C)(OC)C2)n1. The van der Waals surface area contributed by atoms with Gasteiger partial charge >= 0.3 is 5.97 Å². The zero-order valence-electron chi connectivity index (χ0n) is 10.9. The van der Waals surface area contributed by atoms with Crippen molar-refractivity contribution in [2.75, 3.05) is 31.7 Å². The van der Waals surface area contributed by atoms with Crippen LogP contribution in [0, 0.1) is 0 Å². The average molecular weight is 270 g/mol. The van der Waals surface area contributed by atoms with E-state index in [0.717, 1.165) is 23.9 Å². The van der Waals surface area contributed by atoms with Gasteiger partial charge in [-0.2, -0.15) is 0 Å². The van der Waals surface area contributed by atoms with Crippen LogP contribution < -0.4 is 4.90 Å².